The second kappa shape index (κ2) is 11.5. The second-order valence-electron chi connectivity index (χ2n) is 8.10. The molecule has 1 heterocycles. The predicted octanol–water partition coefficient (Wildman–Crippen LogP) is 4.52. The van der Waals surface area contributed by atoms with Gasteiger partial charge in [-0.05, 0) is 56.0 Å². The van der Waals surface area contributed by atoms with Crippen LogP contribution in [0, 0.1) is 0 Å². The van der Waals surface area contributed by atoms with Crippen LogP contribution in [-0.2, 0) is 4.79 Å². The molecule has 2 aromatic carbocycles. The van der Waals surface area contributed by atoms with E-state index >= 15 is 0 Å². The number of hydrogen-bond donors (Lipinski definition) is 1. The lowest BCUT2D eigenvalue weighted by atomic mass is 10.1. The Morgan fingerprint density at radius 1 is 0.939 bits per heavy atom. The average molecular weight is 453 g/mol. The normalized spacial score (nSPS) is 13.6. The molecule has 1 unspecified atom stereocenters. The number of ether oxygens (including phenoxy) is 2. The van der Waals surface area contributed by atoms with Gasteiger partial charge in [-0.15, -0.1) is 0 Å². The van der Waals surface area contributed by atoms with E-state index in [2.05, 4.69) is 5.32 Å². The van der Waals surface area contributed by atoms with Gasteiger partial charge in [-0.2, -0.15) is 0 Å². The van der Waals surface area contributed by atoms with Gasteiger partial charge in [0.05, 0.1) is 30.4 Å². The van der Waals surface area contributed by atoms with Gasteiger partial charge >= 0.3 is 0 Å². The van der Waals surface area contributed by atoms with Gasteiger partial charge < -0.3 is 14.8 Å². The Labute approximate surface area is 195 Å². The zero-order valence-electron chi connectivity index (χ0n) is 19.6. The van der Waals surface area contributed by atoms with Gasteiger partial charge in [0.15, 0.2) is 11.5 Å². The standard InChI is InChI=1S/C26H32N2O5/c1-4-15-32-22-13-12-19(17-23(22)33-16-5-2)18(3)27-24(29)11-8-14-28-25(30)20-9-6-7-10-21(20)26(28)31/h6-7,9-10,12-13,17-18H,4-5,8,11,14-16H2,1-3H3,(H,27,29). The number of fused-ring (bicyclic) bond motifs is 1. The number of hydrogen-bond acceptors (Lipinski definition) is 5. The van der Waals surface area contributed by atoms with Crippen molar-refractivity contribution in [3.05, 3.63) is 59.2 Å². The lowest BCUT2D eigenvalue weighted by molar-refractivity contribution is -0.121. The number of nitrogens with one attached hydrogen (secondary N) is 1. The van der Waals surface area contributed by atoms with Crippen molar-refractivity contribution >= 4 is 17.7 Å². The van der Waals surface area contributed by atoms with E-state index in [-0.39, 0.29) is 36.7 Å². The highest BCUT2D eigenvalue weighted by molar-refractivity contribution is 6.21. The molecule has 0 saturated heterocycles. The molecule has 1 aliphatic heterocycles. The molecule has 0 spiro atoms. The van der Waals surface area contributed by atoms with Crippen molar-refractivity contribution < 1.29 is 23.9 Å². The molecule has 1 atom stereocenters. The molecule has 176 valence electrons. The Balaban J connectivity index is 1.53. The summed E-state index contributed by atoms with van der Waals surface area (Å²) in [6.45, 7) is 7.42. The van der Waals surface area contributed by atoms with Crippen LogP contribution in [0.25, 0.3) is 0 Å². The van der Waals surface area contributed by atoms with Gasteiger partial charge in [-0.1, -0.05) is 32.0 Å². The van der Waals surface area contributed by atoms with E-state index in [1.54, 1.807) is 24.3 Å². The minimum atomic E-state index is -0.297. The third-order valence-corrected chi connectivity index (χ3v) is 5.43. The van der Waals surface area contributed by atoms with Crippen LogP contribution < -0.4 is 14.8 Å². The Morgan fingerprint density at radius 3 is 2.15 bits per heavy atom. The van der Waals surface area contributed by atoms with Crippen LogP contribution in [0.1, 0.15) is 78.8 Å². The van der Waals surface area contributed by atoms with Gasteiger partial charge in [0.25, 0.3) is 11.8 Å². The number of imide groups is 1. The number of carbonyl (C=O) groups is 3. The molecule has 0 bridgehead atoms. The lowest BCUT2D eigenvalue weighted by Crippen LogP contribution is -2.32. The van der Waals surface area contributed by atoms with Crippen LogP contribution in [0.3, 0.4) is 0 Å². The van der Waals surface area contributed by atoms with Crippen LogP contribution in [0.5, 0.6) is 11.5 Å². The first kappa shape index (κ1) is 24.3. The van der Waals surface area contributed by atoms with E-state index in [0.717, 1.165) is 18.4 Å². The van der Waals surface area contributed by atoms with E-state index in [4.69, 9.17) is 9.47 Å². The van der Waals surface area contributed by atoms with E-state index in [9.17, 15) is 14.4 Å². The molecule has 3 rings (SSSR count). The molecule has 1 aliphatic rings. The summed E-state index contributed by atoms with van der Waals surface area (Å²) in [5.41, 5.74) is 1.76. The molecule has 7 heteroatoms. The molecular formula is C26H32N2O5. The number of amides is 3. The molecular weight excluding hydrogens is 420 g/mol. The smallest absolute Gasteiger partial charge is 0.261 e. The summed E-state index contributed by atoms with van der Waals surface area (Å²) < 4.78 is 11.6. The lowest BCUT2D eigenvalue weighted by Gasteiger charge is -2.18. The molecule has 0 fully saturated rings. The number of nitrogens with zero attached hydrogens (tertiary/aromatic N) is 1. The fraction of sp³-hybridized carbons (Fsp3) is 0.423. The van der Waals surface area contributed by atoms with Crippen LogP contribution >= 0.6 is 0 Å². The summed E-state index contributed by atoms with van der Waals surface area (Å²) in [6.07, 6.45) is 2.41. The predicted molar refractivity (Wildman–Crippen MR) is 126 cm³/mol. The van der Waals surface area contributed by atoms with E-state index in [1.165, 1.54) is 4.90 Å². The van der Waals surface area contributed by atoms with Gasteiger partial charge in [0, 0.05) is 13.0 Å². The fourth-order valence-electron chi connectivity index (χ4n) is 3.69. The van der Waals surface area contributed by atoms with Gasteiger partial charge in [0.1, 0.15) is 0 Å². The zero-order valence-corrected chi connectivity index (χ0v) is 19.6. The molecule has 0 aromatic heterocycles. The van der Waals surface area contributed by atoms with E-state index in [0.29, 0.717) is 42.3 Å². The maximum Gasteiger partial charge on any atom is 0.261 e. The van der Waals surface area contributed by atoms with Crippen LogP contribution in [-0.4, -0.2) is 42.4 Å². The minimum absolute atomic E-state index is 0.138. The molecule has 3 amide bonds. The van der Waals surface area contributed by atoms with Crippen molar-refractivity contribution in [2.75, 3.05) is 19.8 Å². The van der Waals surface area contributed by atoms with E-state index in [1.807, 2.05) is 39.0 Å². The van der Waals surface area contributed by atoms with Gasteiger partial charge in [-0.25, -0.2) is 0 Å². The topological polar surface area (TPSA) is 84.9 Å². The first-order valence-electron chi connectivity index (χ1n) is 11.6. The first-order chi connectivity index (χ1) is 16.0. The second-order valence-corrected chi connectivity index (χ2v) is 8.10. The molecule has 0 radical (unpaired) electrons. The summed E-state index contributed by atoms with van der Waals surface area (Å²) in [5.74, 6) is 0.647. The van der Waals surface area contributed by atoms with Crippen LogP contribution in [0.4, 0.5) is 0 Å². The Bertz CT molecular complexity index is 969. The molecule has 0 aliphatic carbocycles. The third-order valence-electron chi connectivity index (χ3n) is 5.43. The number of benzene rings is 2. The molecule has 33 heavy (non-hydrogen) atoms. The van der Waals surface area contributed by atoms with Crippen molar-refractivity contribution in [1.29, 1.82) is 0 Å². The third kappa shape index (κ3) is 5.92. The summed E-state index contributed by atoms with van der Waals surface area (Å²) >= 11 is 0. The first-order valence-corrected chi connectivity index (χ1v) is 11.6. The van der Waals surface area contributed by atoms with Gasteiger partial charge in [0.2, 0.25) is 5.91 Å². The van der Waals surface area contributed by atoms with Crippen LogP contribution in [0.2, 0.25) is 0 Å². The average Bonchev–Trinajstić information content (AvgIpc) is 3.06. The Kier molecular flexibility index (Phi) is 8.46. The van der Waals surface area contributed by atoms with Crippen molar-refractivity contribution in [2.45, 2.75) is 52.5 Å². The number of carbonyl (C=O) groups excluding carboxylic acids is 3. The summed E-state index contributed by atoms with van der Waals surface area (Å²) in [7, 11) is 0. The Morgan fingerprint density at radius 2 is 1.55 bits per heavy atom. The quantitative estimate of drug-likeness (QED) is 0.479. The number of rotatable bonds is 12. The maximum absolute atomic E-state index is 12.5. The SMILES string of the molecule is CCCOc1ccc(C(C)NC(=O)CCCN2C(=O)c3ccccc3C2=O)cc1OCCC. The van der Waals surface area contributed by atoms with E-state index < -0.39 is 0 Å². The maximum atomic E-state index is 12.5. The highest BCUT2D eigenvalue weighted by Gasteiger charge is 2.34. The van der Waals surface area contributed by atoms with Crippen LogP contribution in [0.15, 0.2) is 42.5 Å². The molecule has 1 N–H and O–H groups in total. The summed E-state index contributed by atoms with van der Waals surface area (Å²) in [6, 6.07) is 12.3. The largest absolute Gasteiger partial charge is 0.490 e. The van der Waals surface area contributed by atoms with Gasteiger partial charge in [-0.3, -0.25) is 19.3 Å². The van der Waals surface area contributed by atoms with Crippen molar-refractivity contribution in [3.63, 3.8) is 0 Å². The minimum Gasteiger partial charge on any atom is -0.490 e. The summed E-state index contributed by atoms with van der Waals surface area (Å²) in [5, 5.41) is 2.98. The monoisotopic (exact) mass is 452 g/mol. The fourth-order valence-corrected chi connectivity index (χ4v) is 3.69. The highest BCUT2D eigenvalue weighted by Crippen LogP contribution is 2.31. The summed E-state index contributed by atoms with van der Waals surface area (Å²) in [4.78, 5) is 38.6. The van der Waals surface area contributed by atoms with Crippen molar-refractivity contribution in [3.8, 4) is 11.5 Å². The Hall–Kier alpha value is -3.35. The highest BCUT2D eigenvalue weighted by atomic mass is 16.5. The molecule has 7 nitrogen and oxygen atoms in total. The molecule has 2 aromatic rings. The zero-order chi connectivity index (χ0) is 23.8. The molecule has 0 saturated carbocycles. The van der Waals surface area contributed by atoms with Crippen molar-refractivity contribution in [1.82, 2.24) is 10.2 Å². The van der Waals surface area contributed by atoms with Crippen molar-refractivity contribution in [2.24, 2.45) is 0 Å².